The summed E-state index contributed by atoms with van der Waals surface area (Å²) in [6.45, 7) is 1.41. The Morgan fingerprint density at radius 2 is 1.81 bits per heavy atom. The molecule has 0 aliphatic heterocycles. The Morgan fingerprint density at radius 1 is 1.19 bits per heavy atom. The third kappa shape index (κ3) is 5.82. The summed E-state index contributed by atoms with van der Waals surface area (Å²) in [5, 5.41) is 9.15. The van der Waals surface area contributed by atoms with Gasteiger partial charge in [0.05, 0.1) is 7.11 Å². The lowest BCUT2D eigenvalue weighted by Crippen LogP contribution is -2.50. The van der Waals surface area contributed by atoms with Crippen LogP contribution in [0.3, 0.4) is 0 Å². The second-order valence-corrected chi connectivity index (χ2v) is 6.21. The van der Waals surface area contributed by atoms with Crippen molar-refractivity contribution < 1.29 is 37.3 Å². The number of nitrogens with zero attached hydrogens (tertiary/aromatic N) is 1. The molecule has 6 nitrogen and oxygen atoms in total. The van der Waals surface area contributed by atoms with E-state index in [1.165, 1.54) is 46.2 Å². The highest BCUT2D eigenvalue weighted by molar-refractivity contribution is 5.86. The minimum absolute atomic E-state index is 0.0408. The highest BCUT2D eigenvalue weighted by atomic mass is 19.4. The fourth-order valence-electron chi connectivity index (χ4n) is 2.02. The van der Waals surface area contributed by atoms with E-state index < -0.39 is 24.3 Å². The number of carboxylic acids is 1. The molecule has 0 aliphatic carbocycles. The molecule has 0 saturated heterocycles. The zero-order valence-electron chi connectivity index (χ0n) is 15.0. The van der Waals surface area contributed by atoms with Gasteiger partial charge in [0.2, 0.25) is 5.91 Å². The number of ether oxygens (including phenoxy) is 2. The first-order chi connectivity index (χ1) is 11.9. The molecule has 1 aromatic carbocycles. The summed E-state index contributed by atoms with van der Waals surface area (Å²) in [6, 6.07) is 4.36. The number of carboxylic acid groups (broad SMARTS) is 1. The van der Waals surface area contributed by atoms with Crippen LogP contribution in [0.2, 0.25) is 0 Å². The van der Waals surface area contributed by atoms with Crippen molar-refractivity contribution in [1.82, 2.24) is 4.90 Å². The highest BCUT2D eigenvalue weighted by Gasteiger charge is 2.34. The van der Waals surface area contributed by atoms with Crippen LogP contribution in [0.1, 0.15) is 25.8 Å². The van der Waals surface area contributed by atoms with Crippen LogP contribution >= 0.6 is 0 Å². The number of likely N-dealkylation sites (N-methyl/N-ethyl adjacent to an activating group) is 1. The van der Waals surface area contributed by atoms with Gasteiger partial charge in [-0.2, -0.15) is 13.2 Å². The van der Waals surface area contributed by atoms with Crippen molar-refractivity contribution in [3.05, 3.63) is 23.8 Å². The van der Waals surface area contributed by atoms with E-state index in [-0.39, 0.29) is 30.2 Å². The number of carbonyl (C=O) groups excluding carboxylic acids is 1. The van der Waals surface area contributed by atoms with Gasteiger partial charge in [-0.15, -0.1) is 0 Å². The van der Waals surface area contributed by atoms with E-state index in [2.05, 4.69) is 0 Å². The summed E-state index contributed by atoms with van der Waals surface area (Å²) >= 11 is 0. The minimum Gasteiger partial charge on any atom is -0.493 e. The van der Waals surface area contributed by atoms with Crippen molar-refractivity contribution in [2.75, 3.05) is 20.8 Å². The van der Waals surface area contributed by atoms with E-state index >= 15 is 0 Å². The molecule has 0 saturated carbocycles. The Morgan fingerprint density at radius 3 is 2.31 bits per heavy atom. The van der Waals surface area contributed by atoms with Crippen LogP contribution in [0.15, 0.2) is 18.2 Å². The molecule has 0 aliphatic rings. The van der Waals surface area contributed by atoms with Crippen molar-refractivity contribution >= 4 is 11.9 Å². The zero-order valence-corrected chi connectivity index (χ0v) is 15.0. The lowest BCUT2D eigenvalue weighted by atomic mass is 10.0. The lowest BCUT2D eigenvalue weighted by molar-refractivity contribution is -0.155. The average molecular weight is 377 g/mol. The molecule has 146 valence electrons. The smallest absolute Gasteiger partial charge is 0.422 e. The Labute approximate surface area is 149 Å². The molecule has 0 fully saturated rings. The average Bonchev–Trinajstić information content (AvgIpc) is 2.56. The first-order valence-electron chi connectivity index (χ1n) is 7.75. The van der Waals surface area contributed by atoms with Crippen LogP contribution in [0.5, 0.6) is 11.5 Å². The number of aliphatic carboxylic acids is 1. The van der Waals surface area contributed by atoms with Crippen molar-refractivity contribution in [1.29, 1.82) is 0 Å². The summed E-state index contributed by atoms with van der Waals surface area (Å²) in [5.74, 6) is -1.42. The molecule has 1 N–H and O–H groups in total. The van der Waals surface area contributed by atoms with Gasteiger partial charge >= 0.3 is 12.1 Å². The quantitative estimate of drug-likeness (QED) is 0.754. The van der Waals surface area contributed by atoms with Gasteiger partial charge in [-0.3, -0.25) is 4.79 Å². The topological polar surface area (TPSA) is 76.1 Å². The molecule has 0 radical (unpaired) electrons. The Kier molecular flexibility index (Phi) is 6.88. The first kappa shape index (κ1) is 21.6. The van der Waals surface area contributed by atoms with Gasteiger partial charge in [0.1, 0.15) is 5.54 Å². The van der Waals surface area contributed by atoms with Crippen LogP contribution in [-0.2, 0) is 16.0 Å². The summed E-state index contributed by atoms with van der Waals surface area (Å²) in [5.41, 5.74) is -0.694. The third-order valence-corrected chi connectivity index (χ3v) is 3.98. The summed E-state index contributed by atoms with van der Waals surface area (Å²) < 4.78 is 46.5. The standard InChI is InChI=1S/C17H22F3NO5/c1-16(2,15(23)24)21(3)14(22)8-6-11-5-7-12(13(9-11)25-4)26-10-17(18,19)20/h5,7,9H,6,8,10H2,1-4H3,(H,23,24). The Bertz CT molecular complexity index is 658. The first-order valence-corrected chi connectivity index (χ1v) is 7.75. The predicted molar refractivity (Wildman–Crippen MR) is 87.3 cm³/mol. The third-order valence-electron chi connectivity index (χ3n) is 3.98. The normalized spacial score (nSPS) is 11.8. The van der Waals surface area contributed by atoms with E-state index in [4.69, 9.17) is 14.6 Å². The molecule has 0 aromatic heterocycles. The molecule has 0 spiro atoms. The zero-order chi connectivity index (χ0) is 20.1. The van der Waals surface area contributed by atoms with Gasteiger partial charge in [-0.05, 0) is 38.0 Å². The van der Waals surface area contributed by atoms with Crippen LogP contribution in [-0.4, -0.2) is 54.4 Å². The van der Waals surface area contributed by atoms with E-state index in [9.17, 15) is 22.8 Å². The largest absolute Gasteiger partial charge is 0.493 e. The molecule has 0 atom stereocenters. The molecule has 1 aromatic rings. The number of alkyl halides is 3. The number of methoxy groups -OCH3 is 1. The maximum atomic E-state index is 12.2. The van der Waals surface area contributed by atoms with Crippen molar-refractivity contribution in [2.24, 2.45) is 0 Å². The van der Waals surface area contributed by atoms with Gasteiger partial charge in [-0.25, -0.2) is 4.79 Å². The Balaban J connectivity index is 2.76. The van der Waals surface area contributed by atoms with Gasteiger partial charge in [-0.1, -0.05) is 6.07 Å². The van der Waals surface area contributed by atoms with Gasteiger partial charge in [0.25, 0.3) is 0 Å². The number of amides is 1. The van der Waals surface area contributed by atoms with Crippen LogP contribution in [0.25, 0.3) is 0 Å². The maximum absolute atomic E-state index is 12.2. The van der Waals surface area contributed by atoms with Crippen molar-refractivity contribution in [3.8, 4) is 11.5 Å². The fourth-order valence-corrected chi connectivity index (χ4v) is 2.02. The summed E-state index contributed by atoms with van der Waals surface area (Å²) in [6.07, 6.45) is -4.15. The van der Waals surface area contributed by atoms with Crippen molar-refractivity contribution in [3.63, 3.8) is 0 Å². The van der Waals surface area contributed by atoms with E-state index in [0.29, 0.717) is 5.56 Å². The molecule has 0 unspecified atom stereocenters. The van der Waals surface area contributed by atoms with Gasteiger partial charge in [0.15, 0.2) is 18.1 Å². The monoisotopic (exact) mass is 377 g/mol. The minimum atomic E-state index is -4.46. The van der Waals surface area contributed by atoms with E-state index in [1.807, 2.05) is 0 Å². The van der Waals surface area contributed by atoms with Gasteiger partial charge < -0.3 is 19.5 Å². The molecule has 1 amide bonds. The SMILES string of the molecule is COc1cc(CCC(=O)N(C)C(C)(C)C(=O)O)ccc1OCC(F)(F)F. The predicted octanol–water partition coefficient (Wildman–Crippen LogP) is 2.89. The van der Waals surface area contributed by atoms with E-state index in [0.717, 1.165) is 4.90 Å². The van der Waals surface area contributed by atoms with Gasteiger partial charge in [0, 0.05) is 13.5 Å². The van der Waals surface area contributed by atoms with Crippen LogP contribution < -0.4 is 9.47 Å². The van der Waals surface area contributed by atoms with Crippen LogP contribution in [0.4, 0.5) is 13.2 Å². The van der Waals surface area contributed by atoms with E-state index in [1.54, 1.807) is 0 Å². The second kappa shape index (κ2) is 8.29. The molecular weight excluding hydrogens is 355 g/mol. The number of halogens is 3. The number of hydrogen-bond donors (Lipinski definition) is 1. The number of rotatable bonds is 8. The maximum Gasteiger partial charge on any atom is 0.422 e. The molecule has 9 heteroatoms. The second-order valence-electron chi connectivity index (χ2n) is 6.21. The van der Waals surface area contributed by atoms with Crippen molar-refractivity contribution in [2.45, 2.75) is 38.4 Å². The number of carbonyl (C=O) groups is 2. The number of benzene rings is 1. The molecule has 26 heavy (non-hydrogen) atoms. The lowest BCUT2D eigenvalue weighted by Gasteiger charge is -2.31. The molecular formula is C17H22F3NO5. The molecule has 1 rings (SSSR count). The summed E-state index contributed by atoms with van der Waals surface area (Å²) in [7, 11) is 2.71. The highest BCUT2D eigenvalue weighted by Crippen LogP contribution is 2.30. The molecule has 0 bridgehead atoms. The number of hydrogen-bond acceptors (Lipinski definition) is 4. The number of aryl methyl sites for hydroxylation is 1. The van der Waals surface area contributed by atoms with Crippen LogP contribution in [0, 0.1) is 0 Å². The Hall–Kier alpha value is -2.45. The summed E-state index contributed by atoms with van der Waals surface area (Å²) in [4.78, 5) is 24.5. The molecule has 0 heterocycles. The fraction of sp³-hybridized carbons (Fsp3) is 0.529.